The van der Waals surface area contributed by atoms with Crippen molar-refractivity contribution in [3.05, 3.63) is 48.5 Å². The zero-order chi connectivity index (χ0) is 21.3. The summed E-state index contributed by atoms with van der Waals surface area (Å²) in [6.07, 6.45) is 0.259. The van der Waals surface area contributed by atoms with Crippen molar-refractivity contribution in [1.82, 2.24) is 9.80 Å². The summed E-state index contributed by atoms with van der Waals surface area (Å²) in [5, 5.41) is 9.26. The molecule has 0 aromatic heterocycles. The molecule has 30 heavy (non-hydrogen) atoms. The van der Waals surface area contributed by atoms with Crippen LogP contribution in [-0.2, 0) is 9.59 Å². The molecule has 1 N–H and O–H groups in total. The number of amides is 2. The number of nitrogens with zero attached hydrogens (tertiary/aromatic N) is 2. The molecule has 1 heterocycles. The Hall–Kier alpha value is -3.42. The highest BCUT2D eigenvalue weighted by Gasteiger charge is 2.24. The van der Waals surface area contributed by atoms with Crippen LogP contribution in [0, 0.1) is 0 Å². The number of phenols is 1. The summed E-state index contributed by atoms with van der Waals surface area (Å²) in [4.78, 5) is 28.2. The van der Waals surface area contributed by atoms with Crippen LogP contribution in [0.4, 0.5) is 0 Å². The second kappa shape index (κ2) is 10.4. The molecule has 0 aliphatic carbocycles. The molecular formula is C22H26N2O6. The first-order valence-electron chi connectivity index (χ1n) is 9.79. The van der Waals surface area contributed by atoms with E-state index in [2.05, 4.69) is 0 Å². The fraction of sp³-hybridized carbons (Fsp3) is 0.364. The number of carbonyl (C=O) groups is 2. The lowest BCUT2D eigenvalue weighted by molar-refractivity contribution is -0.141. The lowest BCUT2D eigenvalue weighted by Gasteiger charge is -2.34. The van der Waals surface area contributed by atoms with E-state index in [4.69, 9.17) is 14.2 Å². The Morgan fingerprint density at radius 1 is 0.800 bits per heavy atom. The number of rotatable bonds is 8. The summed E-state index contributed by atoms with van der Waals surface area (Å²) in [5.41, 5.74) is 0. The van der Waals surface area contributed by atoms with Gasteiger partial charge >= 0.3 is 0 Å². The summed E-state index contributed by atoms with van der Waals surface area (Å²) in [7, 11) is 1.59. The normalized spacial score (nSPS) is 13.6. The van der Waals surface area contributed by atoms with Crippen molar-refractivity contribution in [2.45, 2.75) is 6.42 Å². The Kier molecular flexibility index (Phi) is 7.37. The molecule has 0 unspecified atom stereocenters. The average Bonchev–Trinajstić information content (AvgIpc) is 2.79. The van der Waals surface area contributed by atoms with E-state index < -0.39 is 0 Å². The van der Waals surface area contributed by atoms with Gasteiger partial charge in [0.15, 0.2) is 6.61 Å². The van der Waals surface area contributed by atoms with Crippen molar-refractivity contribution in [2.75, 3.05) is 46.5 Å². The smallest absolute Gasteiger partial charge is 0.260 e. The van der Waals surface area contributed by atoms with Gasteiger partial charge in [-0.15, -0.1) is 0 Å². The molecule has 1 aliphatic heterocycles. The predicted octanol–water partition coefficient (Wildman–Crippen LogP) is 1.92. The number of carbonyl (C=O) groups excluding carboxylic acids is 2. The maximum atomic E-state index is 12.4. The zero-order valence-electron chi connectivity index (χ0n) is 17.0. The maximum absolute atomic E-state index is 12.4. The molecule has 160 valence electrons. The third-order valence-electron chi connectivity index (χ3n) is 4.83. The lowest BCUT2D eigenvalue weighted by Crippen LogP contribution is -2.51. The quantitative estimate of drug-likeness (QED) is 0.710. The molecule has 2 amide bonds. The minimum atomic E-state index is -0.103. The van der Waals surface area contributed by atoms with Crippen molar-refractivity contribution in [2.24, 2.45) is 0 Å². The Balaban J connectivity index is 1.35. The maximum Gasteiger partial charge on any atom is 0.260 e. The summed E-state index contributed by atoms with van der Waals surface area (Å²) >= 11 is 0. The van der Waals surface area contributed by atoms with Crippen LogP contribution in [-0.4, -0.2) is 73.2 Å². The molecule has 2 aromatic carbocycles. The van der Waals surface area contributed by atoms with Gasteiger partial charge in [0.25, 0.3) is 5.91 Å². The van der Waals surface area contributed by atoms with Crippen molar-refractivity contribution in [1.29, 1.82) is 0 Å². The highest BCUT2D eigenvalue weighted by molar-refractivity contribution is 5.79. The molecule has 0 atom stereocenters. The van der Waals surface area contributed by atoms with Crippen LogP contribution < -0.4 is 14.2 Å². The average molecular weight is 414 g/mol. The highest BCUT2D eigenvalue weighted by Crippen LogP contribution is 2.18. The number of aromatic hydroxyl groups is 1. The SMILES string of the molecule is COc1ccc(OCC(=O)N2CCN(C(=O)CCOc3ccc(O)cc3)CC2)cc1. The molecule has 8 nitrogen and oxygen atoms in total. The fourth-order valence-electron chi connectivity index (χ4n) is 3.07. The largest absolute Gasteiger partial charge is 0.508 e. The number of phenolic OH excluding ortho intramolecular Hbond substituents is 1. The zero-order valence-corrected chi connectivity index (χ0v) is 17.0. The van der Waals surface area contributed by atoms with Crippen molar-refractivity contribution in [3.8, 4) is 23.0 Å². The molecule has 1 aliphatic rings. The molecule has 1 saturated heterocycles. The fourth-order valence-corrected chi connectivity index (χ4v) is 3.07. The standard InChI is InChI=1S/C22H26N2O6/c1-28-18-6-8-20(9-7-18)30-16-22(27)24-13-11-23(12-14-24)21(26)10-15-29-19-4-2-17(25)3-5-19/h2-9,25H,10-16H2,1H3. The van der Waals surface area contributed by atoms with Gasteiger partial charge in [-0.3, -0.25) is 9.59 Å². The third-order valence-corrected chi connectivity index (χ3v) is 4.83. The van der Waals surface area contributed by atoms with Crippen LogP contribution >= 0.6 is 0 Å². The van der Waals surface area contributed by atoms with E-state index >= 15 is 0 Å². The molecule has 8 heteroatoms. The van der Waals surface area contributed by atoms with Crippen LogP contribution in [0.1, 0.15) is 6.42 Å². The number of hydrogen-bond donors (Lipinski definition) is 1. The van der Waals surface area contributed by atoms with Crippen LogP contribution in [0.5, 0.6) is 23.0 Å². The first kappa shape index (κ1) is 21.3. The predicted molar refractivity (Wildman–Crippen MR) is 110 cm³/mol. The number of methoxy groups -OCH3 is 1. The van der Waals surface area contributed by atoms with E-state index in [-0.39, 0.29) is 37.2 Å². The van der Waals surface area contributed by atoms with Gasteiger partial charge < -0.3 is 29.1 Å². The van der Waals surface area contributed by atoms with Crippen LogP contribution in [0.3, 0.4) is 0 Å². The molecule has 1 fully saturated rings. The number of piperazine rings is 1. The second-order valence-corrected chi connectivity index (χ2v) is 6.82. The van der Waals surface area contributed by atoms with Gasteiger partial charge in [-0.25, -0.2) is 0 Å². The van der Waals surface area contributed by atoms with E-state index in [1.54, 1.807) is 53.3 Å². The monoisotopic (exact) mass is 414 g/mol. The van der Waals surface area contributed by atoms with Crippen LogP contribution in [0.25, 0.3) is 0 Å². The van der Waals surface area contributed by atoms with Crippen LogP contribution in [0.2, 0.25) is 0 Å². The first-order valence-corrected chi connectivity index (χ1v) is 9.79. The Morgan fingerprint density at radius 2 is 1.30 bits per heavy atom. The van der Waals surface area contributed by atoms with Gasteiger partial charge in [0.1, 0.15) is 23.0 Å². The molecule has 0 spiro atoms. The topological polar surface area (TPSA) is 88.5 Å². The second-order valence-electron chi connectivity index (χ2n) is 6.82. The highest BCUT2D eigenvalue weighted by atomic mass is 16.5. The van der Waals surface area contributed by atoms with Gasteiger partial charge in [-0.2, -0.15) is 0 Å². The number of ether oxygens (including phenoxy) is 3. The summed E-state index contributed by atoms with van der Waals surface area (Å²) in [6, 6.07) is 13.4. The lowest BCUT2D eigenvalue weighted by atomic mass is 10.2. The Morgan fingerprint density at radius 3 is 1.90 bits per heavy atom. The number of hydrogen-bond acceptors (Lipinski definition) is 6. The summed E-state index contributed by atoms with van der Waals surface area (Å²) in [5.74, 6) is 1.99. The Labute approximate surface area is 175 Å². The minimum Gasteiger partial charge on any atom is -0.508 e. The minimum absolute atomic E-state index is 0.00430. The third kappa shape index (κ3) is 6.04. The van der Waals surface area contributed by atoms with Crippen molar-refractivity contribution in [3.63, 3.8) is 0 Å². The van der Waals surface area contributed by atoms with E-state index in [1.807, 2.05) is 0 Å². The van der Waals surface area contributed by atoms with E-state index in [0.717, 1.165) is 5.75 Å². The van der Waals surface area contributed by atoms with Gasteiger partial charge in [0.2, 0.25) is 5.91 Å². The molecule has 0 bridgehead atoms. The first-order chi connectivity index (χ1) is 14.5. The number of benzene rings is 2. The van der Waals surface area contributed by atoms with E-state index in [1.165, 1.54) is 12.1 Å². The molecule has 2 aromatic rings. The van der Waals surface area contributed by atoms with Crippen LogP contribution in [0.15, 0.2) is 48.5 Å². The van der Waals surface area contributed by atoms with E-state index in [0.29, 0.717) is 37.7 Å². The van der Waals surface area contributed by atoms with E-state index in [9.17, 15) is 14.7 Å². The van der Waals surface area contributed by atoms with Gasteiger partial charge in [-0.1, -0.05) is 0 Å². The Bertz CT molecular complexity index is 830. The summed E-state index contributed by atoms with van der Waals surface area (Å²) < 4.78 is 16.2. The molecule has 0 radical (unpaired) electrons. The summed E-state index contributed by atoms with van der Waals surface area (Å²) in [6.45, 7) is 2.17. The van der Waals surface area contributed by atoms with Crippen molar-refractivity contribution < 1.29 is 28.9 Å². The van der Waals surface area contributed by atoms with Gasteiger partial charge in [-0.05, 0) is 48.5 Å². The van der Waals surface area contributed by atoms with Gasteiger partial charge in [0.05, 0.1) is 20.1 Å². The van der Waals surface area contributed by atoms with Crippen molar-refractivity contribution >= 4 is 11.8 Å². The molecule has 0 saturated carbocycles. The molecule has 3 rings (SSSR count). The van der Waals surface area contributed by atoms with Gasteiger partial charge in [0, 0.05) is 26.2 Å². The molecular weight excluding hydrogens is 388 g/mol.